The first-order chi connectivity index (χ1) is 13.6. The number of aromatic nitrogens is 2. The highest BCUT2D eigenvalue weighted by Crippen LogP contribution is 2.39. The Morgan fingerprint density at radius 2 is 2.04 bits per heavy atom. The van der Waals surface area contributed by atoms with E-state index >= 15 is 0 Å². The fourth-order valence-corrected chi connectivity index (χ4v) is 3.75. The summed E-state index contributed by atoms with van der Waals surface area (Å²) in [5.74, 6) is 1.04. The van der Waals surface area contributed by atoms with Crippen LogP contribution in [0.25, 0.3) is 5.65 Å². The number of ether oxygens (including phenoxy) is 2. The number of hydrogen-bond donors (Lipinski definition) is 0. The van der Waals surface area contributed by atoms with E-state index in [2.05, 4.69) is 4.98 Å². The van der Waals surface area contributed by atoms with Crippen LogP contribution in [0.5, 0.6) is 11.5 Å². The summed E-state index contributed by atoms with van der Waals surface area (Å²) in [4.78, 5) is 32.0. The van der Waals surface area contributed by atoms with Crippen LogP contribution in [0.4, 0.5) is 0 Å². The van der Waals surface area contributed by atoms with Crippen molar-refractivity contribution in [1.82, 2.24) is 14.3 Å². The summed E-state index contributed by atoms with van der Waals surface area (Å²) < 4.78 is 12.2. The van der Waals surface area contributed by atoms with E-state index in [0.29, 0.717) is 23.7 Å². The van der Waals surface area contributed by atoms with Crippen molar-refractivity contribution in [3.05, 3.63) is 70.3 Å². The summed E-state index contributed by atoms with van der Waals surface area (Å²) in [6, 6.07) is 10.7. The number of pyridine rings is 1. The highest BCUT2D eigenvalue weighted by molar-refractivity contribution is 5.94. The predicted octanol–water partition coefficient (Wildman–Crippen LogP) is 2.69. The Bertz CT molecular complexity index is 1090. The summed E-state index contributed by atoms with van der Waals surface area (Å²) >= 11 is 0. The lowest BCUT2D eigenvalue weighted by atomic mass is 10.0. The second-order valence-electron chi connectivity index (χ2n) is 6.67. The van der Waals surface area contributed by atoms with Crippen molar-refractivity contribution < 1.29 is 14.3 Å². The van der Waals surface area contributed by atoms with Gasteiger partial charge in [-0.05, 0) is 37.1 Å². The molecule has 7 nitrogen and oxygen atoms in total. The van der Waals surface area contributed by atoms with Gasteiger partial charge in [-0.25, -0.2) is 4.98 Å². The average molecular weight is 379 g/mol. The minimum atomic E-state index is -0.358. The second kappa shape index (κ2) is 7.34. The molecule has 28 heavy (non-hydrogen) atoms. The van der Waals surface area contributed by atoms with Gasteiger partial charge in [0.25, 0.3) is 11.5 Å². The summed E-state index contributed by atoms with van der Waals surface area (Å²) in [6.07, 6.45) is 4.65. The largest absolute Gasteiger partial charge is 0.497 e. The van der Waals surface area contributed by atoms with Crippen LogP contribution >= 0.6 is 0 Å². The summed E-state index contributed by atoms with van der Waals surface area (Å²) in [5.41, 5.74) is 1.13. The van der Waals surface area contributed by atoms with Crippen molar-refractivity contribution in [2.24, 2.45) is 0 Å². The predicted molar refractivity (Wildman–Crippen MR) is 104 cm³/mol. The molecule has 3 heterocycles. The van der Waals surface area contributed by atoms with Crippen LogP contribution in [-0.2, 0) is 0 Å². The molecule has 144 valence electrons. The molecule has 7 heteroatoms. The van der Waals surface area contributed by atoms with Crippen molar-refractivity contribution in [3.8, 4) is 11.5 Å². The molecule has 3 aromatic rings. The van der Waals surface area contributed by atoms with Gasteiger partial charge >= 0.3 is 0 Å². The van der Waals surface area contributed by atoms with Gasteiger partial charge in [0.2, 0.25) is 0 Å². The van der Waals surface area contributed by atoms with Gasteiger partial charge in [-0.15, -0.1) is 0 Å². The zero-order valence-electron chi connectivity index (χ0n) is 15.8. The van der Waals surface area contributed by atoms with E-state index in [4.69, 9.17) is 9.47 Å². The molecule has 0 radical (unpaired) electrons. The molecule has 1 aliphatic rings. The number of amides is 1. The van der Waals surface area contributed by atoms with Crippen LogP contribution in [0.15, 0.2) is 53.6 Å². The lowest BCUT2D eigenvalue weighted by Crippen LogP contribution is -2.35. The molecule has 0 N–H and O–H groups in total. The van der Waals surface area contributed by atoms with Gasteiger partial charge in [-0.1, -0.05) is 6.07 Å². The molecule has 1 unspecified atom stereocenters. The number of hydrogen-bond acceptors (Lipinski definition) is 5. The number of carbonyl (C=O) groups excluding carboxylic acids is 1. The first kappa shape index (κ1) is 18.0. The molecule has 2 aromatic heterocycles. The van der Waals surface area contributed by atoms with Gasteiger partial charge in [-0.2, -0.15) is 0 Å². The van der Waals surface area contributed by atoms with E-state index < -0.39 is 0 Å². The minimum absolute atomic E-state index is 0.0723. The third kappa shape index (κ3) is 2.98. The maximum atomic E-state index is 13.2. The van der Waals surface area contributed by atoms with Gasteiger partial charge in [0.1, 0.15) is 22.7 Å². The average Bonchev–Trinajstić information content (AvgIpc) is 3.23. The zero-order chi connectivity index (χ0) is 19.7. The zero-order valence-corrected chi connectivity index (χ0v) is 15.8. The van der Waals surface area contributed by atoms with Gasteiger partial charge < -0.3 is 14.4 Å². The fourth-order valence-electron chi connectivity index (χ4n) is 3.75. The standard InChI is InChI=1S/C21H21N3O4/c1-27-14-8-9-15(18(12-14)28-2)17-6-5-11-23(17)20(25)16-13-22-19-7-3-4-10-24(19)21(16)26/h3-4,7-10,12-13,17H,5-6,11H2,1-2H3. The molecule has 0 spiro atoms. The fraction of sp³-hybridized carbons (Fsp3) is 0.286. The second-order valence-corrected chi connectivity index (χ2v) is 6.67. The van der Waals surface area contributed by atoms with Crippen LogP contribution in [0.1, 0.15) is 34.8 Å². The SMILES string of the molecule is COc1ccc(C2CCCN2C(=O)c2cnc3ccccn3c2=O)c(OC)c1. The van der Waals surface area contributed by atoms with E-state index in [9.17, 15) is 9.59 Å². The monoisotopic (exact) mass is 379 g/mol. The molecule has 1 fully saturated rings. The van der Waals surface area contributed by atoms with Gasteiger partial charge in [0.05, 0.1) is 20.3 Å². The third-order valence-electron chi connectivity index (χ3n) is 5.16. The topological polar surface area (TPSA) is 73.1 Å². The Balaban J connectivity index is 1.72. The number of methoxy groups -OCH3 is 2. The quantitative estimate of drug-likeness (QED) is 0.697. The van der Waals surface area contributed by atoms with Crippen molar-refractivity contribution in [1.29, 1.82) is 0 Å². The Morgan fingerprint density at radius 1 is 1.18 bits per heavy atom. The van der Waals surface area contributed by atoms with E-state index in [-0.39, 0.29) is 23.1 Å². The maximum absolute atomic E-state index is 13.2. The normalized spacial score (nSPS) is 16.4. The van der Waals surface area contributed by atoms with E-state index in [1.807, 2.05) is 18.2 Å². The first-order valence-electron chi connectivity index (χ1n) is 9.13. The number of fused-ring (bicyclic) bond motifs is 1. The van der Waals surface area contributed by atoms with Crippen LogP contribution in [0, 0.1) is 0 Å². The first-order valence-corrected chi connectivity index (χ1v) is 9.13. The lowest BCUT2D eigenvalue weighted by Gasteiger charge is -2.26. The van der Waals surface area contributed by atoms with Gasteiger partial charge in [0.15, 0.2) is 0 Å². The molecule has 1 aromatic carbocycles. The molecule has 1 aliphatic heterocycles. The molecule has 1 atom stereocenters. The molecular formula is C21H21N3O4. The highest BCUT2D eigenvalue weighted by Gasteiger charge is 2.33. The molecular weight excluding hydrogens is 358 g/mol. The highest BCUT2D eigenvalue weighted by atomic mass is 16.5. The number of likely N-dealkylation sites (tertiary alicyclic amines) is 1. The van der Waals surface area contributed by atoms with E-state index in [1.54, 1.807) is 43.5 Å². The van der Waals surface area contributed by atoms with E-state index in [1.165, 1.54) is 10.6 Å². The molecule has 0 bridgehead atoms. The Morgan fingerprint density at radius 3 is 2.82 bits per heavy atom. The minimum Gasteiger partial charge on any atom is -0.497 e. The third-order valence-corrected chi connectivity index (χ3v) is 5.16. The molecule has 4 rings (SSSR count). The number of rotatable bonds is 4. The smallest absolute Gasteiger partial charge is 0.270 e. The number of benzene rings is 1. The van der Waals surface area contributed by atoms with Crippen molar-refractivity contribution in [3.63, 3.8) is 0 Å². The number of nitrogens with zero attached hydrogens (tertiary/aromatic N) is 3. The molecule has 1 saturated heterocycles. The van der Waals surface area contributed by atoms with Crippen LogP contribution in [0.2, 0.25) is 0 Å². The van der Waals surface area contributed by atoms with Crippen molar-refractivity contribution >= 4 is 11.6 Å². The van der Waals surface area contributed by atoms with Crippen molar-refractivity contribution in [2.75, 3.05) is 20.8 Å². The maximum Gasteiger partial charge on any atom is 0.270 e. The molecule has 1 amide bonds. The van der Waals surface area contributed by atoms with Crippen LogP contribution in [-0.4, -0.2) is 41.0 Å². The summed E-state index contributed by atoms with van der Waals surface area (Å²) in [7, 11) is 3.19. The number of carbonyl (C=O) groups is 1. The Labute approximate surface area is 162 Å². The Hall–Kier alpha value is -3.35. The molecule has 0 saturated carbocycles. The van der Waals surface area contributed by atoms with E-state index in [0.717, 1.165) is 18.4 Å². The van der Waals surface area contributed by atoms with Crippen LogP contribution in [0.3, 0.4) is 0 Å². The lowest BCUT2D eigenvalue weighted by molar-refractivity contribution is 0.0731. The Kier molecular flexibility index (Phi) is 4.73. The van der Waals surface area contributed by atoms with Crippen LogP contribution < -0.4 is 15.0 Å². The summed E-state index contributed by atoms with van der Waals surface area (Å²) in [5, 5.41) is 0. The van der Waals surface area contributed by atoms with Crippen molar-refractivity contribution in [2.45, 2.75) is 18.9 Å². The van der Waals surface area contributed by atoms with Gasteiger partial charge in [-0.3, -0.25) is 14.0 Å². The van der Waals surface area contributed by atoms with Gasteiger partial charge in [0, 0.05) is 30.6 Å². The molecule has 0 aliphatic carbocycles. The summed E-state index contributed by atoms with van der Waals surface area (Å²) in [6.45, 7) is 0.579.